The lowest BCUT2D eigenvalue weighted by Crippen LogP contribution is -2.44. The third-order valence-corrected chi connectivity index (χ3v) is 3.10. The van der Waals surface area contributed by atoms with Gasteiger partial charge in [-0.05, 0) is 31.0 Å². The number of hydrogen-bond acceptors (Lipinski definition) is 3. The number of rotatable bonds is 7. The molecule has 0 aliphatic carbocycles. The number of nitrogens with two attached hydrogens (primary N) is 2. The van der Waals surface area contributed by atoms with Crippen LogP contribution in [0.25, 0.3) is 0 Å². The molecule has 0 bridgehead atoms. The molecule has 1 amide bonds. The van der Waals surface area contributed by atoms with Crippen molar-refractivity contribution >= 4 is 11.6 Å². The molecule has 1 atom stereocenters. The van der Waals surface area contributed by atoms with Crippen molar-refractivity contribution in [3.05, 3.63) is 29.8 Å². The molecule has 100 valence electrons. The molecule has 1 rings (SSSR count). The van der Waals surface area contributed by atoms with Crippen LogP contribution in [-0.2, 0) is 11.3 Å². The normalized spacial score (nSPS) is 12.6. The molecule has 0 aliphatic rings. The minimum Gasteiger partial charge on any atom is -0.398 e. The molecule has 1 aromatic carbocycles. The van der Waals surface area contributed by atoms with Crippen LogP contribution in [0.3, 0.4) is 0 Å². The van der Waals surface area contributed by atoms with E-state index in [0.717, 1.165) is 30.6 Å². The van der Waals surface area contributed by atoms with Crippen molar-refractivity contribution in [2.45, 2.75) is 39.3 Å². The lowest BCUT2D eigenvalue weighted by molar-refractivity contribution is -0.123. The third-order valence-electron chi connectivity index (χ3n) is 3.10. The van der Waals surface area contributed by atoms with Crippen molar-refractivity contribution in [3.63, 3.8) is 0 Å². The number of anilines is 1. The number of nitrogen functional groups attached to an aromatic ring is 1. The fourth-order valence-corrected chi connectivity index (χ4v) is 2.17. The summed E-state index contributed by atoms with van der Waals surface area (Å²) in [6.07, 6.45) is 1.71. The second-order valence-electron chi connectivity index (χ2n) is 4.50. The zero-order valence-corrected chi connectivity index (χ0v) is 11.2. The first kappa shape index (κ1) is 14.5. The molecule has 4 N–H and O–H groups in total. The molecular weight excluding hydrogens is 226 g/mol. The van der Waals surface area contributed by atoms with E-state index in [1.807, 2.05) is 31.2 Å². The predicted octanol–water partition coefficient (Wildman–Crippen LogP) is 1.74. The highest BCUT2D eigenvalue weighted by atomic mass is 16.1. The second kappa shape index (κ2) is 7.01. The topological polar surface area (TPSA) is 72.3 Å². The fraction of sp³-hybridized carbons (Fsp3) is 0.500. The largest absolute Gasteiger partial charge is 0.398 e. The van der Waals surface area contributed by atoms with Crippen LogP contribution in [0, 0.1) is 0 Å². The highest BCUT2D eigenvalue weighted by Gasteiger charge is 2.21. The van der Waals surface area contributed by atoms with Gasteiger partial charge in [-0.2, -0.15) is 0 Å². The van der Waals surface area contributed by atoms with Crippen molar-refractivity contribution in [2.75, 3.05) is 12.3 Å². The molecule has 4 nitrogen and oxygen atoms in total. The number of primary amides is 1. The van der Waals surface area contributed by atoms with Gasteiger partial charge >= 0.3 is 0 Å². The molecular formula is C14H23N3O. The molecule has 1 aromatic rings. The summed E-state index contributed by atoms with van der Waals surface area (Å²) in [4.78, 5) is 13.6. The van der Waals surface area contributed by atoms with Crippen LogP contribution in [0.4, 0.5) is 5.69 Å². The van der Waals surface area contributed by atoms with Crippen LogP contribution >= 0.6 is 0 Å². The average molecular weight is 249 g/mol. The van der Waals surface area contributed by atoms with Crippen LogP contribution in [0.2, 0.25) is 0 Å². The van der Waals surface area contributed by atoms with Gasteiger partial charge in [0, 0.05) is 12.2 Å². The molecule has 0 spiro atoms. The highest BCUT2D eigenvalue weighted by Crippen LogP contribution is 2.16. The van der Waals surface area contributed by atoms with E-state index in [1.165, 1.54) is 0 Å². The Morgan fingerprint density at radius 3 is 2.50 bits per heavy atom. The third kappa shape index (κ3) is 3.74. The van der Waals surface area contributed by atoms with Gasteiger partial charge in [-0.25, -0.2) is 0 Å². The van der Waals surface area contributed by atoms with Gasteiger partial charge in [0.2, 0.25) is 5.91 Å². The summed E-state index contributed by atoms with van der Waals surface area (Å²) in [5, 5.41) is 0. The maximum absolute atomic E-state index is 11.5. The van der Waals surface area contributed by atoms with Crippen LogP contribution in [0.5, 0.6) is 0 Å². The molecule has 4 heteroatoms. The van der Waals surface area contributed by atoms with Crippen LogP contribution in [0.1, 0.15) is 32.3 Å². The Hall–Kier alpha value is -1.55. The lowest BCUT2D eigenvalue weighted by atomic mass is 10.1. The molecule has 1 unspecified atom stereocenters. The van der Waals surface area contributed by atoms with E-state index in [-0.39, 0.29) is 11.9 Å². The molecule has 0 aliphatic heterocycles. The zero-order valence-electron chi connectivity index (χ0n) is 11.2. The molecule has 18 heavy (non-hydrogen) atoms. The molecule has 0 heterocycles. The standard InChI is InChI=1S/C14H23N3O/c1-3-9-17(13(4-2)14(16)18)10-11-7-5-6-8-12(11)15/h5-8,13H,3-4,9-10,15H2,1-2H3,(H2,16,18). The summed E-state index contributed by atoms with van der Waals surface area (Å²) in [6.45, 7) is 5.58. The number of carbonyl (C=O) groups is 1. The van der Waals surface area contributed by atoms with Crippen molar-refractivity contribution < 1.29 is 4.79 Å². The Bertz CT molecular complexity index is 392. The summed E-state index contributed by atoms with van der Waals surface area (Å²) in [5.41, 5.74) is 13.2. The number of para-hydroxylation sites is 1. The molecule has 0 aromatic heterocycles. The van der Waals surface area contributed by atoms with Gasteiger partial charge in [-0.1, -0.05) is 32.0 Å². The van der Waals surface area contributed by atoms with E-state index in [2.05, 4.69) is 11.8 Å². The molecule has 0 saturated carbocycles. The van der Waals surface area contributed by atoms with E-state index < -0.39 is 0 Å². The van der Waals surface area contributed by atoms with Crippen molar-refractivity contribution in [2.24, 2.45) is 5.73 Å². The van der Waals surface area contributed by atoms with E-state index >= 15 is 0 Å². The molecule has 0 fully saturated rings. The first-order valence-corrected chi connectivity index (χ1v) is 6.46. The van der Waals surface area contributed by atoms with Crippen molar-refractivity contribution in [3.8, 4) is 0 Å². The highest BCUT2D eigenvalue weighted by molar-refractivity contribution is 5.79. The minimum absolute atomic E-state index is 0.218. The van der Waals surface area contributed by atoms with Crippen LogP contribution in [-0.4, -0.2) is 23.4 Å². The first-order valence-electron chi connectivity index (χ1n) is 6.46. The second-order valence-corrected chi connectivity index (χ2v) is 4.50. The number of carbonyl (C=O) groups excluding carboxylic acids is 1. The quantitative estimate of drug-likeness (QED) is 0.723. The van der Waals surface area contributed by atoms with Gasteiger partial charge in [0.15, 0.2) is 0 Å². The van der Waals surface area contributed by atoms with Gasteiger partial charge in [0.05, 0.1) is 6.04 Å². The maximum Gasteiger partial charge on any atom is 0.234 e. The maximum atomic E-state index is 11.5. The minimum atomic E-state index is -0.263. The Morgan fingerprint density at radius 2 is 2.00 bits per heavy atom. The monoisotopic (exact) mass is 249 g/mol. The smallest absolute Gasteiger partial charge is 0.234 e. The summed E-state index contributed by atoms with van der Waals surface area (Å²) < 4.78 is 0. The Balaban J connectivity index is 2.86. The fourth-order valence-electron chi connectivity index (χ4n) is 2.17. The average Bonchev–Trinajstić information content (AvgIpc) is 2.32. The van der Waals surface area contributed by atoms with Gasteiger partial charge in [-0.3, -0.25) is 9.69 Å². The summed E-state index contributed by atoms with van der Waals surface area (Å²) in [7, 11) is 0. The van der Waals surface area contributed by atoms with Gasteiger partial charge in [0.1, 0.15) is 0 Å². The van der Waals surface area contributed by atoms with Gasteiger partial charge in [0.25, 0.3) is 0 Å². The van der Waals surface area contributed by atoms with E-state index in [4.69, 9.17) is 11.5 Å². The SMILES string of the molecule is CCCN(Cc1ccccc1N)C(CC)C(N)=O. The van der Waals surface area contributed by atoms with Crippen LogP contribution in [0.15, 0.2) is 24.3 Å². The van der Waals surface area contributed by atoms with Crippen molar-refractivity contribution in [1.82, 2.24) is 4.90 Å². The van der Waals surface area contributed by atoms with Gasteiger partial charge < -0.3 is 11.5 Å². The Labute approximate surface area is 109 Å². The summed E-state index contributed by atoms with van der Waals surface area (Å²) >= 11 is 0. The molecule has 0 saturated heterocycles. The van der Waals surface area contributed by atoms with E-state index in [1.54, 1.807) is 0 Å². The predicted molar refractivity (Wildman–Crippen MR) is 74.8 cm³/mol. The summed E-state index contributed by atoms with van der Waals surface area (Å²) in [5.74, 6) is -0.263. The zero-order chi connectivity index (χ0) is 13.5. The van der Waals surface area contributed by atoms with Crippen molar-refractivity contribution in [1.29, 1.82) is 0 Å². The summed E-state index contributed by atoms with van der Waals surface area (Å²) in [6, 6.07) is 7.52. The number of nitrogens with zero attached hydrogens (tertiary/aromatic N) is 1. The lowest BCUT2D eigenvalue weighted by Gasteiger charge is -2.29. The van der Waals surface area contributed by atoms with E-state index in [9.17, 15) is 4.79 Å². The molecule has 0 radical (unpaired) electrons. The first-order chi connectivity index (χ1) is 8.60. The van der Waals surface area contributed by atoms with E-state index in [0.29, 0.717) is 6.54 Å². The number of hydrogen-bond donors (Lipinski definition) is 2. The van der Waals surface area contributed by atoms with Gasteiger partial charge in [-0.15, -0.1) is 0 Å². The Morgan fingerprint density at radius 1 is 1.33 bits per heavy atom. The Kier molecular flexibility index (Phi) is 5.65. The number of benzene rings is 1. The van der Waals surface area contributed by atoms with Crippen LogP contribution < -0.4 is 11.5 Å². The number of amides is 1.